The minimum Gasteiger partial charge on any atom is -0.481 e. The molecule has 2 amide bonds. The van der Waals surface area contributed by atoms with Gasteiger partial charge < -0.3 is 15.0 Å². The lowest BCUT2D eigenvalue weighted by molar-refractivity contribution is -0.137. The maximum absolute atomic E-state index is 12.8. The van der Waals surface area contributed by atoms with Crippen molar-refractivity contribution in [1.29, 1.82) is 5.26 Å². The van der Waals surface area contributed by atoms with Crippen LogP contribution in [0.15, 0.2) is 54.7 Å². The van der Waals surface area contributed by atoms with Crippen LogP contribution in [0.25, 0.3) is 10.9 Å². The lowest BCUT2D eigenvalue weighted by Gasteiger charge is -2.23. The van der Waals surface area contributed by atoms with E-state index in [9.17, 15) is 9.59 Å². The highest BCUT2D eigenvalue weighted by atomic mass is 35.5. The van der Waals surface area contributed by atoms with Gasteiger partial charge >= 0.3 is 0 Å². The maximum Gasteiger partial charge on any atom is 0.261 e. The number of benzene rings is 2. The number of aromatic nitrogens is 1. The molecule has 1 unspecified atom stereocenters. The summed E-state index contributed by atoms with van der Waals surface area (Å²) in [5.41, 5.74) is 1.66. The van der Waals surface area contributed by atoms with Crippen LogP contribution in [-0.2, 0) is 9.59 Å². The number of amides is 2. The second-order valence-electron chi connectivity index (χ2n) is 6.79. The van der Waals surface area contributed by atoms with Gasteiger partial charge in [0, 0.05) is 23.0 Å². The minimum atomic E-state index is -0.600. The number of thioether (sulfide) groups is 1. The fourth-order valence-corrected chi connectivity index (χ4v) is 4.61. The van der Waals surface area contributed by atoms with E-state index in [1.807, 2.05) is 12.1 Å². The number of fused-ring (bicyclic) bond motifs is 1. The number of carbonyl (C=O) groups is 2. The Labute approximate surface area is 188 Å². The number of ether oxygens (including phenoxy) is 1. The van der Waals surface area contributed by atoms with Crippen LogP contribution < -0.4 is 10.1 Å². The van der Waals surface area contributed by atoms with Gasteiger partial charge in [-0.2, -0.15) is 5.26 Å². The molecule has 156 valence electrons. The molecule has 0 saturated carbocycles. The van der Waals surface area contributed by atoms with Crippen molar-refractivity contribution in [3.05, 3.63) is 65.3 Å². The largest absolute Gasteiger partial charge is 0.481 e. The van der Waals surface area contributed by atoms with Gasteiger partial charge in [0.25, 0.3) is 5.91 Å². The molecule has 0 bridgehead atoms. The molecule has 3 aromatic rings. The maximum atomic E-state index is 12.8. The van der Waals surface area contributed by atoms with Gasteiger partial charge in [-0.3, -0.25) is 14.6 Å². The molecule has 1 fully saturated rings. The highest BCUT2D eigenvalue weighted by Crippen LogP contribution is 2.30. The molecule has 1 aliphatic rings. The summed E-state index contributed by atoms with van der Waals surface area (Å²) in [6.07, 6.45) is 1.63. The first-order valence-electron chi connectivity index (χ1n) is 9.41. The Balaban J connectivity index is 1.41. The lowest BCUT2D eigenvalue weighted by Crippen LogP contribution is -2.46. The zero-order valence-electron chi connectivity index (χ0n) is 16.2. The summed E-state index contributed by atoms with van der Waals surface area (Å²) in [7, 11) is 0. The van der Waals surface area contributed by atoms with E-state index in [0.29, 0.717) is 39.2 Å². The van der Waals surface area contributed by atoms with E-state index in [0.717, 1.165) is 5.39 Å². The fraction of sp³-hybridized carbons (Fsp3) is 0.182. The Morgan fingerprint density at radius 3 is 2.84 bits per heavy atom. The van der Waals surface area contributed by atoms with Crippen molar-refractivity contribution in [2.45, 2.75) is 6.04 Å². The smallest absolute Gasteiger partial charge is 0.261 e. The van der Waals surface area contributed by atoms with Gasteiger partial charge in [0.1, 0.15) is 17.3 Å². The van der Waals surface area contributed by atoms with Crippen LogP contribution in [0.1, 0.15) is 5.56 Å². The molecule has 2 heterocycles. The van der Waals surface area contributed by atoms with Crippen molar-refractivity contribution in [3.8, 4) is 11.8 Å². The fourth-order valence-electron chi connectivity index (χ4n) is 3.21. The summed E-state index contributed by atoms with van der Waals surface area (Å²) in [4.78, 5) is 31.3. The predicted molar refractivity (Wildman–Crippen MR) is 120 cm³/mol. The van der Waals surface area contributed by atoms with Gasteiger partial charge in [-0.1, -0.05) is 11.6 Å². The van der Waals surface area contributed by atoms with Crippen LogP contribution in [0, 0.1) is 11.3 Å². The number of hydrogen-bond donors (Lipinski definition) is 1. The second kappa shape index (κ2) is 9.25. The van der Waals surface area contributed by atoms with Gasteiger partial charge in [-0.15, -0.1) is 11.8 Å². The summed E-state index contributed by atoms with van der Waals surface area (Å²) >= 11 is 7.70. The van der Waals surface area contributed by atoms with E-state index in [4.69, 9.17) is 21.6 Å². The average molecular weight is 453 g/mol. The SMILES string of the molecule is N#Cc1ccc(NC(=O)C2CSCN2C(=O)COc2ccc(Cl)c3cccnc23)cc1. The molecule has 4 rings (SSSR count). The summed E-state index contributed by atoms with van der Waals surface area (Å²) in [5, 5.41) is 13.0. The van der Waals surface area contributed by atoms with Crippen LogP contribution in [0.3, 0.4) is 0 Å². The van der Waals surface area contributed by atoms with E-state index in [1.54, 1.807) is 48.7 Å². The van der Waals surface area contributed by atoms with Crippen molar-refractivity contribution in [1.82, 2.24) is 9.88 Å². The standard InChI is InChI=1S/C22H17ClN4O3S/c23-17-7-8-19(21-16(17)2-1-9-25-21)30-11-20(28)27-13-31-12-18(27)22(29)26-15-5-3-14(10-24)4-6-15/h1-9,18H,11-13H2,(H,26,29). The van der Waals surface area contributed by atoms with Crippen LogP contribution in [0.4, 0.5) is 5.69 Å². The molecule has 1 saturated heterocycles. The molecule has 31 heavy (non-hydrogen) atoms. The van der Waals surface area contributed by atoms with Gasteiger partial charge in [0.05, 0.1) is 22.5 Å². The Kier molecular flexibility index (Phi) is 6.26. The molecule has 2 aromatic carbocycles. The third kappa shape index (κ3) is 4.58. The molecule has 0 aliphatic carbocycles. The van der Waals surface area contributed by atoms with E-state index in [-0.39, 0.29) is 18.4 Å². The summed E-state index contributed by atoms with van der Waals surface area (Å²) in [5.74, 6) is 0.802. The molecule has 9 heteroatoms. The molecule has 1 atom stereocenters. The molecular weight excluding hydrogens is 436 g/mol. The zero-order chi connectivity index (χ0) is 21.8. The first-order chi connectivity index (χ1) is 15.1. The number of carbonyl (C=O) groups excluding carboxylic acids is 2. The second-order valence-corrected chi connectivity index (χ2v) is 8.20. The predicted octanol–water partition coefficient (Wildman–Crippen LogP) is 3.68. The Hall–Kier alpha value is -3.28. The first kappa shape index (κ1) is 21.0. The van der Waals surface area contributed by atoms with E-state index < -0.39 is 6.04 Å². The van der Waals surface area contributed by atoms with Crippen molar-refractivity contribution < 1.29 is 14.3 Å². The van der Waals surface area contributed by atoms with Crippen molar-refractivity contribution in [2.75, 3.05) is 23.6 Å². The highest BCUT2D eigenvalue weighted by molar-refractivity contribution is 7.99. The topological polar surface area (TPSA) is 95.3 Å². The summed E-state index contributed by atoms with van der Waals surface area (Å²) < 4.78 is 5.74. The van der Waals surface area contributed by atoms with Crippen LogP contribution in [0.5, 0.6) is 5.75 Å². The van der Waals surface area contributed by atoms with Crippen LogP contribution in [0.2, 0.25) is 5.02 Å². The van der Waals surface area contributed by atoms with Gasteiger partial charge in [0.2, 0.25) is 5.91 Å². The van der Waals surface area contributed by atoms with E-state index in [1.165, 1.54) is 16.7 Å². The van der Waals surface area contributed by atoms with Crippen molar-refractivity contribution >= 4 is 51.8 Å². The molecule has 0 spiro atoms. The molecule has 1 N–H and O–H groups in total. The Morgan fingerprint density at radius 2 is 2.06 bits per heavy atom. The summed E-state index contributed by atoms with van der Waals surface area (Å²) in [6, 6.07) is 15.0. The third-order valence-corrected chi connectivity index (χ3v) is 6.16. The van der Waals surface area contributed by atoms with Crippen LogP contribution >= 0.6 is 23.4 Å². The zero-order valence-corrected chi connectivity index (χ0v) is 17.8. The Morgan fingerprint density at radius 1 is 1.26 bits per heavy atom. The number of nitriles is 1. The normalized spacial score (nSPS) is 15.5. The average Bonchev–Trinajstić information content (AvgIpc) is 3.29. The number of nitrogens with zero attached hydrogens (tertiary/aromatic N) is 3. The molecule has 1 aromatic heterocycles. The van der Waals surface area contributed by atoms with E-state index in [2.05, 4.69) is 10.3 Å². The highest BCUT2D eigenvalue weighted by Gasteiger charge is 2.35. The molecule has 7 nitrogen and oxygen atoms in total. The number of halogens is 1. The van der Waals surface area contributed by atoms with Gasteiger partial charge in [-0.25, -0.2) is 0 Å². The van der Waals surface area contributed by atoms with Gasteiger partial charge in [-0.05, 0) is 48.5 Å². The number of rotatable bonds is 5. The summed E-state index contributed by atoms with van der Waals surface area (Å²) in [6.45, 7) is -0.214. The number of pyridine rings is 1. The lowest BCUT2D eigenvalue weighted by atomic mass is 10.2. The van der Waals surface area contributed by atoms with Crippen LogP contribution in [-0.4, -0.2) is 46.0 Å². The minimum absolute atomic E-state index is 0.214. The Bertz CT molecular complexity index is 1180. The van der Waals surface area contributed by atoms with Crippen molar-refractivity contribution in [3.63, 3.8) is 0 Å². The molecular formula is C22H17ClN4O3S. The first-order valence-corrected chi connectivity index (χ1v) is 10.9. The number of anilines is 1. The van der Waals surface area contributed by atoms with E-state index >= 15 is 0 Å². The number of nitrogens with one attached hydrogen (secondary N) is 1. The molecule has 1 aliphatic heterocycles. The quantitative estimate of drug-likeness (QED) is 0.634. The monoisotopic (exact) mass is 452 g/mol. The van der Waals surface area contributed by atoms with Crippen molar-refractivity contribution in [2.24, 2.45) is 0 Å². The molecule has 0 radical (unpaired) electrons. The third-order valence-electron chi connectivity index (χ3n) is 4.82. The number of hydrogen-bond acceptors (Lipinski definition) is 6. The van der Waals surface area contributed by atoms with Gasteiger partial charge in [0.15, 0.2) is 6.61 Å².